The molecule has 0 bridgehead atoms. The predicted molar refractivity (Wildman–Crippen MR) is 97.1 cm³/mol. The standard InChI is InChI=1S/C20H18N2OS/c23-19(21-12-18-13-24-20(22-18)17-10-11-17)16-8-6-15(7-9-16)14-4-2-1-3-5-14/h1-9,13,17H,10-12H2,(H,21,23). The van der Waals surface area contributed by atoms with Gasteiger partial charge in [0.2, 0.25) is 0 Å². The van der Waals surface area contributed by atoms with Gasteiger partial charge >= 0.3 is 0 Å². The largest absolute Gasteiger partial charge is 0.346 e. The molecule has 120 valence electrons. The van der Waals surface area contributed by atoms with Crippen molar-refractivity contribution in [2.45, 2.75) is 25.3 Å². The number of nitrogens with one attached hydrogen (secondary N) is 1. The number of hydrogen-bond acceptors (Lipinski definition) is 3. The summed E-state index contributed by atoms with van der Waals surface area (Å²) in [5, 5.41) is 6.21. The predicted octanol–water partition coefficient (Wildman–Crippen LogP) is 4.62. The Balaban J connectivity index is 1.38. The lowest BCUT2D eigenvalue weighted by molar-refractivity contribution is 0.0950. The monoisotopic (exact) mass is 334 g/mol. The van der Waals surface area contributed by atoms with Crippen molar-refractivity contribution >= 4 is 17.2 Å². The number of carbonyl (C=O) groups is 1. The number of nitrogens with zero attached hydrogens (tertiary/aromatic N) is 1. The van der Waals surface area contributed by atoms with Crippen molar-refractivity contribution in [2.24, 2.45) is 0 Å². The van der Waals surface area contributed by atoms with Gasteiger partial charge in [-0.15, -0.1) is 11.3 Å². The van der Waals surface area contributed by atoms with Crippen molar-refractivity contribution in [3.8, 4) is 11.1 Å². The molecule has 1 fully saturated rings. The van der Waals surface area contributed by atoms with Crippen molar-refractivity contribution in [1.29, 1.82) is 0 Å². The first-order valence-electron chi connectivity index (χ1n) is 8.17. The van der Waals surface area contributed by atoms with Crippen LogP contribution in [0.15, 0.2) is 60.0 Å². The number of aromatic nitrogens is 1. The molecular formula is C20H18N2OS. The van der Waals surface area contributed by atoms with Gasteiger partial charge in [-0.05, 0) is 36.1 Å². The molecule has 1 saturated carbocycles. The summed E-state index contributed by atoms with van der Waals surface area (Å²) in [7, 11) is 0. The quantitative estimate of drug-likeness (QED) is 0.740. The van der Waals surface area contributed by atoms with Gasteiger partial charge in [0.1, 0.15) is 0 Å². The summed E-state index contributed by atoms with van der Waals surface area (Å²) in [6, 6.07) is 17.9. The van der Waals surface area contributed by atoms with Crippen LogP contribution in [-0.4, -0.2) is 10.9 Å². The van der Waals surface area contributed by atoms with Gasteiger partial charge in [-0.2, -0.15) is 0 Å². The second-order valence-electron chi connectivity index (χ2n) is 6.08. The number of hydrogen-bond donors (Lipinski definition) is 1. The molecule has 1 aromatic heterocycles. The smallest absolute Gasteiger partial charge is 0.251 e. The molecule has 4 rings (SSSR count). The lowest BCUT2D eigenvalue weighted by Gasteiger charge is -2.05. The molecule has 1 amide bonds. The van der Waals surface area contributed by atoms with Crippen LogP contribution in [-0.2, 0) is 6.54 Å². The summed E-state index contributed by atoms with van der Waals surface area (Å²) in [5.41, 5.74) is 3.89. The molecule has 2 aromatic carbocycles. The van der Waals surface area contributed by atoms with Crippen LogP contribution < -0.4 is 5.32 Å². The van der Waals surface area contributed by atoms with Crippen molar-refractivity contribution in [3.05, 3.63) is 76.2 Å². The van der Waals surface area contributed by atoms with Crippen molar-refractivity contribution in [1.82, 2.24) is 10.3 Å². The van der Waals surface area contributed by atoms with Gasteiger partial charge in [0.25, 0.3) is 5.91 Å². The summed E-state index contributed by atoms with van der Waals surface area (Å²) >= 11 is 1.70. The van der Waals surface area contributed by atoms with E-state index in [0.717, 1.165) is 16.8 Å². The van der Waals surface area contributed by atoms with E-state index in [1.165, 1.54) is 17.8 Å². The number of amides is 1. The fourth-order valence-electron chi connectivity index (χ4n) is 2.64. The summed E-state index contributed by atoms with van der Waals surface area (Å²) in [5.74, 6) is 0.612. The van der Waals surface area contributed by atoms with Crippen molar-refractivity contribution < 1.29 is 4.79 Å². The highest BCUT2D eigenvalue weighted by atomic mass is 32.1. The number of rotatable bonds is 5. The Kier molecular flexibility index (Phi) is 4.13. The van der Waals surface area contributed by atoms with Crippen LogP contribution in [0.4, 0.5) is 0 Å². The van der Waals surface area contributed by atoms with Gasteiger partial charge in [0, 0.05) is 16.9 Å². The summed E-state index contributed by atoms with van der Waals surface area (Å²) < 4.78 is 0. The fourth-order valence-corrected chi connectivity index (χ4v) is 3.63. The second-order valence-corrected chi connectivity index (χ2v) is 6.97. The molecule has 1 aliphatic carbocycles. The summed E-state index contributed by atoms with van der Waals surface area (Å²) in [4.78, 5) is 16.9. The first-order chi connectivity index (χ1) is 11.8. The maximum atomic E-state index is 12.3. The summed E-state index contributed by atoms with van der Waals surface area (Å²) in [6.45, 7) is 0.489. The van der Waals surface area contributed by atoms with Crippen molar-refractivity contribution in [3.63, 3.8) is 0 Å². The molecule has 0 spiro atoms. The Morgan fingerprint density at radius 1 is 1.04 bits per heavy atom. The Morgan fingerprint density at radius 3 is 2.46 bits per heavy atom. The minimum absolute atomic E-state index is 0.0596. The van der Waals surface area contributed by atoms with E-state index in [-0.39, 0.29) is 5.91 Å². The maximum absolute atomic E-state index is 12.3. The van der Waals surface area contributed by atoms with Crippen LogP contribution in [0.5, 0.6) is 0 Å². The zero-order chi connectivity index (χ0) is 16.4. The minimum Gasteiger partial charge on any atom is -0.346 e. The SMILES string of the molecule is O=C(NCc1csc(C2CC2)n1)c1ccc(-c2ccccc2)cc1. The van der Waals surface area contributed by atoms with Crippen LogP contribution in [0.25, 0.3) is 11.1 Å². The highest BCUT2D eigenvalue weighted by molar-refractivity contribution is 7.09. The molecule has 1 N–H and O–H groups in total. The van der Waals surface area contributed by atoms with Crippen LogP contribution in [0.1, 0.15) is 39.8 Å². The topological polar surface area (TPSA) is 42.0 Å². The van der Waals surface area contributed by atoms with Crippen LogP contribution in [0.2, 0.25) is 0 Å². The molecule has 3 aromatic rings. The lowest BCUT2D eigenvalue weighted by atomic mass is 10.0. The van der Waals surface area contributed by atoms with Crippen LogP contribution >= 0.6 is 11.3 Å². The van der Waals surface area contributed by atoms with Crippen molar-refractivity contribution in [2.75, 3.05) is 0 Å². The zero-order valence-electron chi connectivity index (χ0n) is 13.2. The normalized spacial score (nSPS) is 13.7. The molecule has 4 heteroatoms. The van der Waals surface area contributed by atoms with Gasteiger partial charge in [-0.3, -0.25) is 4.79 Å². The molecule has 0 unspecified atom stereocenters. The Hall–Kier alpha value is -2.46. The highest BCUT2D eigenvalue weighted by Crippen LogP contribution is 2.41. The molecular weight excluding hydrogens is 316 g/mol. The third-order valence-electron chi connectivity index (χ3n) is 4.18. The van der Waals surface area contributed by atoms with E-state index in [4.69, 9.17) is 0 Å². The zero-order valence-corrected chi connectivity index (χ0v) is 14.1. The Morgan fingerprint density at radius 2 is 1.75 bits per heavy atom. The Labute approximate surface area is 145 Å². The van der Waals surface area contributed by atoms with Gasteiger partial charge in [-0.25, -0.2) is 4.98 Å². The van der Waals surface area contributed by atoms with Gasteiger partial charge in [0.05, 0.1) is 17.2 Å². The molecule has 0 aliphatic heterocycles. The van der Waals surface area contributed by atoms with E-state index in [1.807, 2.05) is 47.8 Å². The van der Waals surface area contributed by atoms with E-state index in [2.05, 4.69) is 22.4 Å². The van der Waals surface area contributed by atoms with E-state index in [1.54, 1.807) is 11.3 Å². The van der Waals surface area contributed by atoms with Gasteiger partial charge in [-0.1, -0.05) is 42.5 Å². The second kappa shape index (κ2) is 6.57. The maximum Gasteiger partial charge on any atom is 0.251 e. The molecule has 0 radical (unpaired) electrons. The number of carbonyl (C=O) groups excluding carboxylic acids is 1. The third kappa shape index (κ3) is 3.39. The molecule has 1 heterocycles. The van der Waals surface area contributed by atoms with Gasteiger partial charge < -0.3 is 5.32 Å². The van der Waals surface area contributed by atoms with Gasteiger partial charge in [0.15, 0.2) is 0 Å². The average Bonchev–Trinajstić information content (AvgIpc) is 3.39. The molecule has 3 nitrogen and oxygen atoms in total. The van der Waals surface area contributed by atoms with E-state index >= 15 is 0 Å². The lowest BCUT2D eigenvalue weighted by Crippen LogP contribution is -2.22. The number of thiazole rings is 1. The van der Waals surface area contributed by atoms with E-state index in [9.17, 15) is 4.79 Å². The van der Waals surface area contributed by atoms with E-state index in [0.29, 0.717) is 18.0 Å². The summed E-state index contributed by atoms with van der Waals surface area (Å²) in [6.07, 6.45) is 2.51. The molecule has 24 heavy (non-hydrogen) atoms. The first kappa shape index (κ1) is 15.1. The third-order valence-corrected chi connectivity index (χ3v) is 5.24. The first-order valence-corrected chi connectivity index (χ1v) is 9.05. The molecule has 1 aliphatic rings. The fraction of sp³-hybridized carbons (Fsp3) is 0.200. The minimum atomic E-state index is -0.0596. The molecule has 0 atom stereocenters. The van der Waals surface area contributed by atoms with Crippen LogP contribution in [0, 0.1) is 0 Å². The Bertz CT molecular complexity index is 836. The molecule has 0 saturated heterocycles. The highest BCUT2D eigenvalue weighted by Gasteiger charge is 2.26. The van der Waals surface area contributed by atoms with E-state index < -0.39 is 0 Å². The number of benzene rings is 2. The average molecular weight is 334 g/mol. The van der Waals surface area contributed by atoms with Crippen LogP contribution in [0.3, 0.4) is 0 Å².